The molecule has 1 aliphatic heterocycles. The quantitative estimate of drug-likeness (QED) is 0.316. The Bertz CT molecular complexity index is 1480. The summed E-state index contributed by atoms with van der Waals surface area (Å²) in [5.41, 5.74) is 2.36. The van der Waals surface area contributed by atoms with Crippen molar-refractivity contribution in [1.82, 2.24) is 4.90 Å². The van der Waals surface area contributed by atoms with Gasteiger partial charge in [-0.3, -0.25) is 24.1 Å². The Labute approximate surface area is 226 Å². The van der Waals surface area contributed by atoms with E-state index in [1.165, 1.54) is 11.0 Å². The molecule has 1 aromatic heterocycles. The van der Waals surface area contributed by atoms with Gasteiger partial charge in [0, 0.05) is 23.8 Å². The highest BCUT2D eigenvalue weighted by molar-refractivity contribution is 9.12. The largest absolute Gasteiger partial charge is 0.508 e. The van der Waals surface area contributed by atoms with Gasteiger partial charge in [0.15, 0.2) is 11.6 Å². The zero-order valence-electron chi connectivity index (χ0n) is 20.2. The van der Waals surface area contributed by atoms with E-state index in [1.807, 2.05) is 6.08 Å². The van der Waals surface area contributed by atoms with E-state index in [4.69, 9.17) is 4.42 Å². The van der Waals surface area contributed by atoms with Crippen molar-refractivity contribution in [2.24, 2.45) is 17.8 Å². The third-order valence-corrected chi connectivity index (χ3v) is 8.69. The molecule has 0 bridgehead atoms. The summed E-state index contributed by atoms with van der Waals surface area (Å²) in [5, 5.41) is 19.1. The minimum Gasteiger partial charge on any atom is -0.508 e. The highest BCUT2D eigenvalue weighted by atomic mass is 79.9. The molecule has 9 heteroatoms. The Kier molecular flexibility index (Phi) is 6.07. The second-order valence-corrected chi connectivity index (χ2v) is 11.0. The number of benzene rings is 1. The van der Waals surface area contributed by atoms with Crippen LogP contribution in [-0.2, 0) is 32.2 Å². The summed E-state index contributed by atoms with van der Waals surface area (Å²) >= 11 is 3.21. The molecule has 2 amide bonds. The molecule has 0 spiro atoms. The molecule has 1 saturated heterocycles. The van der Waals surface area contributed by atoms with Crippen LogP contribution in [0.25, 0.3) is 0 Å². The summed E-state index contributed by atoms with van der Waals surface area (Å²) < 4.78 is 6.02. The molecule has 1 aromatic carbocycles. The van der Waals surface area contributed by atoms with Gasteiger partial charge in [-0.1, -0.05) is 23.8 Å². The van der Waals surface area contributed by atoms with Gasteiger partial charge < -0.3 is 14.6 Å². The van der Waals surface area contributed by atoms with Gasteiger partial charge in [-0.05, 0) is 70.9 Å². The van der Waals surface area contributed by atoms with Crippen LogP contribution in [0.5, 0.6) is 5.75 Å². The molecule has 6 rings (SSSR count). The number of aliphatic hydroxyl groups excluding tert-OH is 1. The van der Waals surface area contributed by atoms with Crippen LogP contribution in [0.2, 0.25) is 0 Å². The Morgan fingerprint density at radius 2 is 1.76 bits per heavy atom. The van der Waals surface area contributed by atoms with Crippen LogP contribution >= 0.6 is 15.9 Å². The average molecular weight is 578 g/mol. The third kappa shape index (κ3) is 3.84. The maximum atomic E-state index is 13.7. The van der Waals surface area contributed by atoms with Crippen molar-refractivity contribution in [3.63, 3.8) is 0 Å². The van der Waals surface area contributed by atoms with E-state index in [1.54, 1.807) is 36.4 Å². The van der Waals surface area contributed by atoms with Crippen molar-refractivity contribution in [1.29, 1.82) is 0 Å². The number of carbonyl (C=O) groups excluding carboxylic acids is 4. The molecule has 2 heterocycles. The number of furan rings is 1. The number of hydrogen-bond donors (Lipinski definition) is 2. The number of imide groups is 1. The first-order chi connectivity index (χ1) is 18.3. The van der Waals surface area contributed by atoms with Crippen LogP contribution in [0, 0.1) is 17.8 Å². The summed E-state index contributed by atoms with van der Waals surface area (Å²) in [7, 11) is 0. The van der Waals surface area contributed by atoms with Crippen molar-refractivity contribution < 1.29 is 33.8 Å². The van der Waals surface area contributed by atoms with Crippen molar-refractivity contribution in [2.45, 2.75) is 31.8 Å². The van der Waals surface area contributed by atoms with Gasteiger partial charge in [0.1, 0.15) is 23.9 Å². The lowest BCUT2D eigenvalue weighted by Crippen LogP contribution is -2.39. The number of carbonyl (C=O) groups is 4. The summed E-state index contributed by atoms with van der Waals surface area (Å²) in [6.07, 6.45) is 4.20. The van der Waals surface area contributed by atoms with E-state index in [2.05, 4.69) is 15.9 Å². The molecule has 0 unspecified atom stereocenters. The zero-order valence-corrected chi connectivity index (χ0v) is 21.8. The summed E-state index contributed by atoms with van der Waals surface area (Å²) in [5.74, 6) is -2.48. The Morgan fingerprint density at radius 3 is 2.47 bits per heavy atom. The molecular weight excluding hydrogens is 554 g/mol. The number of hydrogen-bond acceptors (Lipinski definition) is 7. The first-order valence-electron chi connectivity index (χ1n) is 12.5. The zero-order chi connectivity index (χ0) is 26.7. The summed E-state index contributed by atoms with van der Waals surface area (Å²) in [4.78, 5) is 54.8. The van der Waals surface area contributed by atoms with E-state index in [0.29, 0.717) is 35.5 Å². The number of phenols is 1. The number of phenolic OH excluding ortho intramolecular Hbond substituents is 1. The fourth-order valence-electron chi connectivity index (χ4n) is 6.36. The maximum absolute atomic E-state index is 13.7. The standard InChI is InChI=1S/C29H24BrNO7/c30-21-12-22(34)25-20(27(21)35)11-19-17(26(25)23-8-5-16(13-32)38-23)6-7-18-24(19)29(37)31(28(18)36)10-9-14-1-3-15(33)4-2-14/h1-6,8,12,18-19,24,26,32-33H,7,9-11,13H2/t18-,19+,24-,26+/m0/s1. The highest BCUT2D eigenvalue weighted by Crippen LogP contribution is 2.55. The molecule has 4 atom stereocenters. The predicted octanol–water partition coefficient (Wildman–Crippen LogP) is 3.48. The fourth-order valence-corrected chi connectivity index (χ4v) is 6.80. The smallest absolute Gasteiger partial charge is 0.233 e. The number of Topliss-reactive ketones (excluding diaryl/α,β-unsaturated/α-hetero) is 1. The predicted molar refractivity (Wildman–Crippen MR) is 138 cm³/mol. The molecule has 8 nitrogen and oxygen atoms in total. The number of amides is 2. The second-order valence-electron chi connectivity index (χ2n) is 10.1. The highest BCUT2D eigenvalue weighted by Gasteiger charge is 2.56. The van der Waals surface area contributed by atoms with Crippen LogP contribution in [0.4, 0.5) is 0 Å². The topological polar surface area (TPSA) is 125 Å². The van der Waals surface area contributed by atoms with Crippen molar-refractivity contribution in [2.75, 3.05) is 6.54 Å². The molecule has 194 valence electrons. The van der Waals surface area contributed by atoms with Crippen LogP contribution in [-0.4, -0.2) is 45.0 Å². The maximum Gasteiger partial charge on any atom is 0.233 e. The first kappa shape index (κ1) is 24.8. The van der Waals surface area contributed by atoms with Gasteiger partial charge in [0.05, 0.1) is 22.2 Å². The minimum atomic E-state index is -0.674. The monoisotopic (exact) mass is 577 g/mol. The second kappa shape index (κ2) is 9.32. The molecular formula is C29H24BrNO7. The Morgan fingerprint density at radius 1 is 1.00 bits per heavy atom. The molecule has 1 fully saturated rings. The number of likely N-dealkylation sites (tertiary alicyclic amines) is 1. The molecule has 38 heavy (non-hydrogen) atoms. The van der Waals surface area contributed by atoms with Gasteiger partial charge in [-0.2, -0.15) is 0 Å². The van der Waals surface area contributed by atoms with Crippen molar-refractivity contribution in [3.8, 4) is 5.75 Å². The van der Waals surface area contributed by atoms with E-state index in [0.717, 1.165) is 11.1 Å². The summed E-state index contributed by atoms with van der Waals surface area (Å²) in [6.45, 7) is -0.0915. The number of ketones is 2. The van der Waals surface area contributed by atoms with Crippen LogP contribution < -0.4 is 0 Å². The van der Waals surface area contributed by atoms with Gasteiger partial charge in [0.25, 0.3) is 0 Å². The first-order valence-corrected chi connectivity index (χ1v) is 13.3. The van der Waals surface area contributed by atoms with E-state index in [-0.39, 0.29) is 53.2 Å². The minimum absolute atomic E-state index is 0.145. The SMILES string of the molecule is O=C1C=C(Br)C(=O)C2=C1[C@@H](c1ccc(CO)o1)C1=CC[C@@H]3C(=O)N(CCc4ccc(O)cc4)C(=O)[C@@H]3[C@@H]1C2. The van der Waals surface area contributed by atoms with Gasteiger partial charge in [-0.25, -0.2) is 0 Å². The molecule has 3 aliphatic carbocycles. The molecule has 4 aliphatic rings. The molecule has 0 radical (unpaired) electrons. The van der Waals surface area contributed by atoms with Gasteiger partial charge >= 0.3 is 0 Å². The van der Waals surface area contributed by atoms with Gasteiger partial charge in [0.2, 0.25) is 11.8 Å². The molecule has 2 aromatic rings. The lowest BCUT2D eigenvalue weighted by Gasteiger charge is -2.41. The van der Waals surface area contributed by atoms with Crippen LogP contribution in [0.3, 0.4) is 0 Å². The Balaban J connectivity index is 1.36. The number of halogens is 1. The van der Waals surface area contributed by atoms with Crippen molar-refractivity contribution >= 4 is 39.3 Å². The Hall–Kier alpha value is -3.56. The lowest BCUT2D eigenvalue weighted by molar-refractivity contribution is -0.140. The third-order valence-electron chi connectivity index (χ3n) is 8.11. The van der Waals surface area contributed by atoms with E-state index < -0.39 is 23.7 Å². The van der Waals surface area contributed by atoms with Crippen molar-refractivity contribution in [3.05, 3.63) is 86.8 Å². The number of nitrogens with zero attached hydrogens (tertiary/aromatic N) is 1. The molecule has 0 saturated carbocycles. The van der Waals surface area contributed by atoms with E-state index in [9.17, 15) is 29.4 Å². The molecule has 2 N–H and O–H groups in total. The lowest BCUT2D eigenvalue weighted by atomic mass is 9.60. The number of aliphatic hydroxyl groups is 1. The number of allylic oxidation sites excluding steroid dienone is 6. The van der Waals surface area contributed by atoms with Crippen LogP contribution in [0.1, 0.15) is 35.8 Å². The van der Waals surface area contributed by atoms with Crippen LogP contribution in [0.15, 0.2) is 74.2 Å². The fraction of sp³-hybridized carbons (Fsp3) is 0.310. The van der Waals surface area contributed by atoms with Gasteiger partial charge in [-0.15, -0.1) is 0 Å². The normalized spacial score (nSPS) is 26.7. The number of aromatic hydroxyl groups is 1. The number of fused-ring (bicyclic) bond motifs is 3. The summed E-state index contributed by atoms with van der Waals surface area (Å²) in [6, 6.07) is 9.97. The average Bonchev–Trinajstić information content (AvgIpc) is 3.48. The van der Waals surface area contributed by atoms with E-state index >= 15 is 0 Å². The number of rotatable bonds is 5.